The molecule has 1 amide bonds. The summed E-state index contributed by atoms with van der Waals surface area (Å²) in [5.41, 5.74) is 0.0158. The maximum atomic E-state index is 12.5. The van der Waals surface area contributed by atoms with Crippen LogP contribution in [0, 0.1) is 0 Å². The van der Waals surface area contributed by atoms with Gasteiger partial charge in [0.15, 0.2) is 0 Å². The number of carbonyl (C=O) groups is 2. The van der Waals surface area contributed by atoms with Crippen molar-refractivity contribution in [3.05, 3.63) is 34.9 Å². The minimum absolute atomic E-state index is 0.296. The number of carbonyl (C=O) groups excluding carboxylic acids is 1. The molecule has 0 spiro atoms. The number of thioether (sulfide) groups is 1. The van der Waals surface area contributed by atoms with Gasteiger partial charge >= 0.3 is 12.1 Å². The van der Waals surface area contributed by atoms with E-state index in [0.29, 0.717) is 16.3 Å². The third-order valence-electron chi connectivity index (χ3n) is 3.06. The molecule has 2 atom stereocenters. The zero-order chi connectivity index (χ0) is 16.5. The molecule has 1 aromatic carbocycles. The van der Waals surface area contributed by atoms with Crippen LogP contribution in [-0.4, -0.2) is 39.5 Å². The van der Waals surface area contributed by atoms with Crippen LogP contribution in [0.3, 0.4) is 0 Å². The Kier molecular flexibility index (Phi) is 4.92. The highest BCUT2D eigenvalue weighted by atomic mass is 35.5. The van der Waals surface area contributed by atoms with Crippen molar-refractivity contribution in [2.24, 2.45) is 0 Å². The molecule has 1 aliphatic heterocycles. The Labute approximate surface area is 138 Å². The number of ether oxygens (including phenoxy) is 1. The van der Waals surface area contributed by atoms with Crippen LogP contribution in [0.1, 0.15) is 31.7 Å². The van der Waals surface area contributed by atoms with Crippen molar-refractivity contribution in [1.82, 2.24) is 4.90 Å². The number of hydrogen-bond acceptors (Lipinski definition) is 4. The molecule has 0 radical (unpaired) electrons. The minimum Gasteiger partial charge on any atom is -0.480 e. The molecule has 1 fully saturated rings. The van der Waals surface area contributed by atoms with E-state index in [2.05, 4.69) is 0 Å². The molecule has 1 aromatic rings. The van der Waals surface area contributed by atoms with Crippen LogP contribution in [0.2, 0.25) is 5.02 Å². The zero-order valence-corrected chi connectivity index (χ0v) is 14.1. The van der Waals surface area contributed by atoms with E-state index < -0.39 is 29.1 Å². The number of nitrogens with zero attached hydrogens (tertiary/aromatic N) is 1. The second-order valence-corrected chi connectivity index (χ2v) is 7.47. The highest BCUT2D eigenvalue weighted by Gasteiger charge is 2.44. The second-order valence-electron chi connectivity index (χ2n) is 5.95. The molecule has 120 valence electrons. The molecule has 1 heterocycles. The first-order valence-corrected chi connectivity index (χ1v) is 8.23. The van der Waals surface area contributed by atoms with Gasteiger partial charge in [-0.1, -0.05) is 29.8 Å². The Morgan fingerprint density at radius 1 is 1.36 bits per heavy atom. The monoisotopic (exact) mass is 343 g/mol. The van der Waals surface area contributed by atoms with Gasteiger partial charge in [0.2, 0.25) is 0 Å². The summed E-state index contributed by atoms with van der Waals surface area (Å²) < 4.78 is 5.36. The van der Waals surface area contributed by atoms with Gasteiger partial charge in [0, 0.05) is 16.3 Å². The van der Waals surface area contributed by atoms with E-state index in [1.165, 1.54) is 16.7 Å². The molecule has 0 aliphatic carbocycles. The smallest absolute Gasteiger partial charge is 0.412 e. The summed E-state index contributed by atoms with van der Waals surface area (Å²) in [5.74, 6) is -0.752. The van der Waals surface area contributed by atoms with Crippen LogP contribution < -0.4 is 0 Å². The lowest BCUT2D eigenvalue weighted by molar-refractivity contribution is -0.142. The van der Waals surface area contributed by atoms with Crippen LogP contribution >= 0.6 is 23.4 Å². The molecule has 1 saturated heterocycles. The molecule has 7 heteroatoms. The highest BCUT2D eigenvalue weighted by molar-refractivity contribution is 7.99. The lowest BCUT2D eigenvalue weighted by Crippen LogP contribution is -2.45. The van der Waals surface area contributed by atoms with Crippen LogP contribution in [0.4, 0.5) is 4.79 Å². The molecular formula is C15H18ClNO4S. The molecule has 1 N–H and O–H groups in total. The Morgan fingerprint density at radius 3 is 2.55 bits per heavy atom. The van der Waals surface area contributed by atoms with Gasteiger partial charge in [-0.2, -0.15) is 0 Å². The van der Waals surface area contributed by atoms with Crippen LogP contribution in [0.25, 0.3) is 0 Å². The number of carboxylic acid groups (broad SMARTS) is 1. The number of aliphatic carboxylic acids is 1. The van der Waals surface area contributed by atoms with E-state index in [-0.39, 0.29) is 0 Å². The molecule has 2 unspecified atom stereocenters. The molecule has 1 aliphatic rings. The molecule has 0 saturated carbocycles. The molecule has 2 rings (SSSR count). The first-order valence-electron chi connectivity index (χ1n) is 6.81. The van der Waals surface area contributed by atoms with Gasteiger partial charge in [0.1, 0.15) is 17.0 Å². The van der Waals surface area contributed by atoms with Crippen LogP contribution in [0.15, 0.2) is 24.3 Å². The first-order chi connectivity index (χ1) is 10.2. The summed E-state index contributed by atoms with van der Waals surface area (Å²) in [5, 5.41) is 9.40. The molecule has 22 heavy (non-hydrogen) atoms. The maximum Gasteiger partial charge on any atom is 0.412 e. The number of hydrogen-bond donors (Lipinski definition) is 1. The average Bonchev–Trinajstić information content (AvgIpc) is 2.82. The predicted molar refractivity (Wildman–Crippen MR) is 86.1 cm³/mol. The van der Waals surface area contributed by atoms with Gasteiger partial charge in [-0.05, 0) is 26.8 Å². The quantitative estimate of drug-likeness (QED) is 0.885. The number of carboxylic acids is 1. The topological polar surface area (TPSA) is 66.8 Å². The summed E-state index contributed by atoms with van der Waals surface area (Å²) in [7, 11) is 0. The predicted octanol–water partition coefficient (Wildman–Crippen LogP) is 3.78. The van der Waals surface area contributed by atoms with Gasteiger partial charge < -0.3 is 9.84 Å². The Morgan fingerprint density at radius 2 is 2.00 bits per heavy atom. The molecule has 0 bridgehead atoms. The fraction of sp³-hybridized carbons (Fsp3) is 0.467. The van der Waals surface area contributed by atoms with E-state index >= 15 is 0 Å². The number of halogens is 1. The van der Waals surface area contributed by atoms with E-state index in [0.717, 1.165) is 0 Å². The Balaban J connectivity index is 2.35. The van der Waals surface area contributed by atoms with E-state index in [1.807, 2.05) is 6.07 Å². The van der Waals surface area contributed by atoms with E-state index in [4.69, 9.17) is 16.3 Å². The van der Waals surface area contributed by atoms with Gasteiger partial charge in [-0.15, -0.1) is 11.8 Å². The molecular weight excluding hydrogens is 326 g/mol. The van der Waals surface area contributed by atoms with Gasteiger partial charge in [-0.25, -0.2) is 9.59 Å². The van der Waals surface area contributed by atoms with Crippen molar-refractivity contribution < 1.29 is 19.4 Å². The van der Waals surface area contributed by atoms with Gasteiger partial charge in [0.25, 0.3) is 0 Å². The van der Waals surface area contributed by atoms with Crippen molar-refractivity contribution >= 4 is 35.4 Å². The van der Waals surface area contributed by atoms with Gasteiger partial charge in [0.05, 0.1) is 0 Å². The zero-order valence-electron chi connectivity index (χ0n) is 12.6. The number of amides is 1. The van der Waals surface area contributed by atoms with E-state index in [9.17, 15) is 14.7 Å². The van der Waals surface area contributed by atoms with Crippen molar-refractivity contribution in [3.63, 3.8) is 0 Å². The lowest BCUT2D eigenvalue weighted by atomic mass is 10.1. The maximum absolute atomic E-state index is 12.5. The summed E-state index contributed by atoms with van der Waals surface area (Å²) in [6.45, 7) is 5.23. The van der Waals surface area contributed by atoms with Crippen molar-refractivity contribution in [1.29, 1.82) is 0 Å². The lowest BCUT2D eigenvalue weighted by Gasteiger charge is -2.30. The highest BCUT2D eigenvalue weighted by Crippen LogP contribution is 2.44. The summed E-state index contributed by atoms with van der Waals surface area (Å²) >= 11 is 7.56. The third-order valence-corrected chi connectivity index (χ3v) is 4.71. The Bertz CT molecular complexity index is 587. The standard InChI is InChI=1S/C15H18ClNO4S/c1-15(2,3)21-14(20)17-11(13(18)19)8-22-12(17)9-6-4-5-7-10(9)16/h4-7,11-12H,8H2,1-3H3,(H,18,19). The largest absolute Gasteiger partial charge is 0.480 e. The third kappa shape index (κ3) is 3.67. The van der Waals surface area contributed by atoms with Crippen LogP contribution in [-0.2, 0) is 9.53 Å². The number of benzene rings is 1. The van der Waals surface area contributed by atoms with Gasteiger partial charge in [-0.3, -0.25) is 4.90 Å². The fourth-order valence-electron chi connectivity index (χ4n) is 2.15. The van der Waals surface area contributed by atoms with Crippen molar-refractivity contribution in [3.8, 4) is 0 Å². The minimum atomic E-state index is -1.05. The fourth-order valence-corrected chi connectivity index (χ4v) is 3.90. The Hall–Kier alpha value is -1.40. The first kappa shape index (κ1) is 17.0. The second kappa shape index (κ2) is 6.38. The summed E-state index contributed by atoms with van der Waals surface area (Å²) in [6.07, 6.45) is -0.644. The normalized spacial score (nSPS) is 21.7. The number of rotatable bonds is 2. The average molecular weight is 344 g/mol. The van der Waals surface area contributed by atoms with Crippen LogP contribution in [0.5, 0.6) is 0 Å². The molecule has 0 aromatic heterocycles. The summed E-state index contributed by atoms with van der Waals surface area (Å²) in [6, 6.07) is 6.18. The molecule has 5 nitrogen and oxygen atoms in total. The van der Waals surface area contributed by atoms with E-state index in [1.54, 1.807) is 39.0 Å². The SMILES string of the molecule is CC(C)(C)OC(=O)N1C(C(=O)O)CSC1c1ccccc1Cl. The summed E-state index contributed by atoms with van der Waals surface area (Å²) in [4.78, 5) is 25.2. The van der Waals surface area contributed by atoms with Crippen molar-refractivity contribution in [2.45, 2.75) is 37.8 Å². The van der Waals surface area contributed by atoms with Crippen molar-refractivity contribution in [2.75, 3.05) is 5.75 Å².